The molecule has 0 spiro atoms. The second kappa shape index (κ2) is 9.67. The summed E-state index contributed by atoms with van der Waals surface area (Å²) in [5, 5.41) is 0. The molecule has 28 heavy (non-hydrogen) atoms. The lowest BCUT2D eigenvalue weighted by atomic mass is 9.68. The maximum absolute atomic E-state index is 14.6. The van der Waals surface area contributed by atoms with Gasteiger partial charge in [0.15, 0.2) is 11.6 Å². The van der Waals surface area contributed by atoms with Gasteiger partial charge in [-0.25, -0.2) is 9.18 Å². The third-order valence-electron chi connectivity index (χ3n) is 6.92. The van der Waals surface area contributed by atoms with Crippen LogP contribution in [0.25, 0.3) is 0 Å². The largest absolute Gasteiger partial charge is 0.420 e. The van der Waals surface area contributed by atoms with Gasteiger partial charge in [-0.2, -0.15) is 4.39 Å². The Morgan fingerprint density at radius 2 is 1.64 bits per heavy atom. The van der Waals surface area contributed by atoms with Crippen molar-refractivity contribution in [1.29, 1.82) is 0 Å². The fourth-order valence-corrected chi connectivity index (χ4v) is 5.35. The van der Waals surface area contributed by atoms with Crippen LogP contribution in [0.15, 0.2) is 24.8 Å². The molecule has 0 aliphatic heterocycles. The van der Waals surface area contributed by atoms with Gasteiger partial charge in [-0.3, -0.25) is 0 Å². The summed E-state index contributed by atoms with van der Waals surface area (Å²) in [6.45, 7) is 5.54. The lowest BCUT2D eigenvalue weighted by Crippen LogP contribution is -2.25. The van der Waals surface area contributed by atoms with Gasteiger partial charge in [0.05, 0.1) is 0 Å². The Hall–Kier alpha value is -1.71. The van der Waals surface area contributed by atoms with E-state index in [-0.39, 0.29) is 11.7 Å². The van der Waals surface area contributed by atoms with Crippen molar-refractivity contribution in [3.05, 3.63) is 42.0 Å². The zero-order chi connectivity index (χ0) is 20.1. The van der Waals surface area contributed by atoms with Crippen molar-refractivity contribution in [2.75, 3.05) is 0 Å². The van der Waals surface area contributed by atoms with Gasteiger partial charge in [0.1, 0.15) is 0 Å². The molecule has 2 fully saturated rings. The van der Waals surface area contributed by atoms with E-state index >= 15 is 0 Å². The van der Waals surface area contributed by atoms with Gasteiger partial charge in [-0.1, -0.05) is 45.3 Å². The van der Waals surface area contributed by atoms with Crippen LogP contribution in [-0.4, -0.2) is 5.97 Å². The third-order valence-corrected chi connectivity index (χ3v) is 6.92. The van der Waals surface area contributed by atoms with Gasteiger partial charge >= 0.3 is 5.97 Å². The molecule has 1 aromatic carbocycles. The normalized spacial score (nSPS) is 28.0. The SMILES string of the molecule is C=CC(=O)Oc1ccc(C2CCC(C3CCC(CCC)CC3)CC2)c(F)c1F. The minimum Gasteiger partial charge on any atom is -0.420 e. The van der Waals surface area contributed by atoms with E-state index < -0.39 is 17.6 Å². The monoisotopic (exact) mass is 390 g/mol. The van der Waals surface area contributed by atoms with E-state index in [0.29, 0.717) is 5.56 Å². The number of ether oxygens (including phenoxy) is 1. The summed E-state index contributed by atoms with van der Waals surface area (Å²) in [5.74, 6) is -0.601. The third kappa shape index (κ3) is 4.82. The first kappa shape index (κ1) is 21.0. The minimum atomic E-state index is -1.08. The summed E-state index contributed by atoms with van der Waals surface area (Å²) < 4.78 is 33.6. The van der Waals surface area contributed by atoms with E-state index in [0.717, 1.165) is 49.5 Å². The Labute approximate surface area is 167 Å². The summed E-state index contributed by atoms with van der Waals surface area (Å²) in [4.78, 5) is 11.2. The van der Waals surface area contributed by atoms with Gasteiger partial charge in [0.2, 0.25) is 5.82 Å². The topological polar surface area (TPSA) is 26.3 Å². The van der Waals surface area contributed by atoms with Crippen molar-refractivity contribution >= 4 is 5.97 Å². The van der Waals surface area contributed by atoms with E-state index in [2.05, 4.69) is 13.5 Å². The Kier molecular flexibility index (Phi) is 7.25. The van der Waals surface area contributed by atoms with E-state index in [9.17, 15) is 13.6 Å². The summed E-state index contributed by atoms with van der Waals surface area (Å²) >= 11 is 0. The molecule has 1 aromatic rings. The van der Waals surface area contributed by atoms with Crippen molar-refractivity contribution in [3.8, 4) is 5.75 Å². The number of benzene rings is 1. The molecule has 0 radical (unpaired) electrons. The summed E-state index contributed by atoms with van der Waals surface area (Å²) in [6, 6.07) is 2.93. The smallest absolute Gasteiger partial charge is 0.335 e. The highest BCUT2D eigenvalue weighted by Crippen LogP contribution is 2.45. The van der Waals surface area contributed by atoms with Crippen molar-refractivity contribution < 1.29 is 18.3 Å². The molecule has 0 saturated heterocycles. The van der Waals surface area contributed by atoms with Crippen LogP contribution in [0.4, 0.5) is 8.78 Å². The molecular weight excluding hydrogens is 358 g/mol. The number of esters is 1. The van der Waals surface area contributed by atoms with E-state index in [1.807, 2.05) is 0 Å². The average Bonchev–Trinajstić information content (AvgIpc) is 2.72. The first-order chi connectivity index (χ1) is 13.5. The fraction of sp³-hybridized carbons (Fsp3) is 0.625. The highest BCUT2D eigenvalue weighted by Gasteiger charge is 2.32. The predicted molar refractivity (Wildman–Crippen MR) is 107 cm³/mol. The Morgan fingerprint density at radius 1 is 1.04 bits per heavy atom. The van der Waals surface area contributed by atoms with Crippen LogP contribution in [-0.2, 0) is 4.79 Å². The summed E-state index contributed by atoms with van der Waals surface area (Å²) in [5.41, 5.74) is 0.418. The van der Waals surface area contributed by atoms with Crippen molar-refractivity contribution in [3.63, 3.8) is 0 Å². The van der Waals surface area contributed by atoms with Crippen LogP contribution < -0.4 is 4.74 Å². The van der Waals surface area contributed by atoms with Crippen LogP contribution in [0.1, 0.15) is 82.6 Å². The molecule has 0 N–H and O–H groups in total. The molecule has 0 bridgehead atoms. The second-order valence-electron chi connectivity index (χ2n) is 8.59. The van der Waals surface area contributed by atoms with Gasteiger partial charge in [0, 0.05) is 6.08 Å². The molecule has 2 aliphatic rings. The van der Waals surface area contributed by atoms with Crippen molar-refractivity contribution in [2.45, 2.75) is 77.0 Å². The van der Waals surface area contributed by atoms with Crippen LogP contribution in [0.2, 0.25) is 0 Å². The zero-order valence-electron chi connectivity index (χ0n) is 16.9. The lowest BCUT2D eigenvalue weighted by Gasteiger charge is -2.38. The maximum Gasteiger partial charge on any atom is 0.335 e. The molecular formula is C24H32F2O2. The Morgan fingerprint density at radius 3 is 2.21 bits per heavy atom. The second-order valence-corrected chi connectivity index (χ2v) is 8.59. The number of halogens is 2. The van der Waals surface area contributed by atoms with E-state index in [1.54, 1.807) is 6.07 Å². The highest BCUT2D eigenvalue weighted by molar-refractivity contribution is 5.83. The lowest BCUT2D eigenvalue weighted by molar-refractivity contribution is -0.129. The van der Waals surface area contributed by atoms with Crippen LogP contribution >= 0.6 is 0 Å². The minimum absolute atomic E-state index is 0.0475. The first-order valence-electron chi connectivity index (χ1n) is 10.9. The average molecular weight is 391 g/mol. The summed E-state index contributed by atoms with van der Waals surface area (Å²) in [6.07, 6.45) is 13.0. The molecule has 0 unspecified atom stereocenters. The molecule has 0 aromatic heterocycles. The van der Waals surface area contributed by atoms with Gasteiger partial charge in [-0.05, 0) is 73.8 Å². The molecule has 4 heteroatoms. The quantitative estimate of drug-likeness (QED) is 0.299. The molecule has 0 amide bonds. The van der Waals surface area contributed by atoms with Crippen LogP contribution in [0, 0.1) is 29.4 Å². The number of rotatable bonds is 6. The summed E-state index contributed by atoms with van der Waals surface area (Å²) in [7, 11) is 0. The first-order valence-corrected chi connectivity index (χ1v) is 10.9. The fourth-order valence-electron chi connectivity index (χ4n) is 5.35. The number of carbonyl (C=O) groups excluding carboxylic acids is 1. The maximum atomic E-state index is 14.6. The molecule has 2 aliphatic carbocycles. The zero-order valence-corrected chi connectivity index (χ0v) is 16.9. The van der Waals surface area contributed by atoms with Gasteiger partial charge in [-0.15, -0.1) is 0 Å². The highest BCUT2D eigenvalue weighted by atomic mass is 19.2. The predicted octanol–water partition coefficient (Wildman–Crippen LogP) is 6.94. The Bertz CT molecular complexity index is 684. The molecule has 2 saturated carbocycles. The van der Waals surface area contributed by atoms with Crippen LogP contribution in [0.3, 0.4) is 0 Å². The molecule has 0 atom stereocenters. The molecule has 2 nitrogen and oxygen atoms in total. The van der Waals surface area contributed by atoms with Crippen molar-refractivity contribution in [2.24, 2.45) is 17.8 Å². The van der Waals surface area contributed by atoms with Gasteiger partial charge < -0.3 is 4.74 Å². The number of carbonyl (C=O) groups is 1. The molecule has 3 rings (SSSR count). The molecule has 154 valence electrons. The standard InChI is InChI=1S/C24H32F2O2/c1-3-5-16-6-8-17(9-7-16)18-10-12-19(13-11-18)20-14-15-21(24(26)23(20)25)28-22(27)4-2/h4,14-19H,2-3,5-13H2,1H3. The van der Waals surface area contributed by atoms with Crippen LogP contribution in [0.5, 0.6) is 5.75 Å². The van der Waals surface area contributed by atoms with E-state index in [1.165, 1.54) is 44.6 Å². The molecule has 0 heterocycles. The van der Waals surface area contributed by atoms with Gasteiger partial charge in [0.25, 0.3) is 0 Å². The number of hydrogen-bond acceptors (Lipinski definition) is 2. The number of hydrogen-bond donors (Lipinski definition) is 0. The van der Waals surface area contributed by atoms with E-state index in [4.69, 9.17) is 4.74 Å². The Balaban J connectivity index is 1.57. The van der Waals surface area contributed by atoms with Crippen molar-refractivity contribution in [1.82, 2.24) is 0 Å².